The van der Waals surface area contributed by atoms with Crippen molar-refractivity contribution in [2.24, 2.45) is 5.92 Å². The fraction of sp³-hybridized carbons (Fsp3) is 0.533. The second-order valence-corrected chi connectivity index (χ2v) is 6.18. The first-order valence-corrected chi connectivity index (χ1v) is 7.25. The molecule has 1 aliphatic rings. The van der Waals surface area contributed by atoms with Gasteiger partial charge in [-0.25, -0.2) is 0 Å². The molecule has 1 aromatic heterocycles. The van der Waals surface area contributed by atoms with Crippen molar-refractivity contribution in [3.8, 4) is 0 Å². The Morgan fingerprint density at radius 1 is 1.55 bits per heavy atom. The number of hydrogen-bond acceptors (Lipinski definition) is 4. The summed E-state index contributed by atoms with van der Waals surface area (Å²) in [6, 6.07) is 3.85. The number of nitrogens with two attached hydrogens (primary N) is 1. The number of nitrogen functional groups attached to an aromatic ring is 1. The van der Waals surface area contributed by atoms with E-state index in [4.69, 9.17) is 5.73 Å². The molecule has 2 aromatic rings. The lowest BCUT2D eigenvalue weighted by Crippen LogP contribution is -2.41. The van der Waals surface area contributed by atoms with Crippen molar-refractivity contribution in [3.63, 3.8) is 0 Å². The fourth-order valence-electron chi connectivity index (χ4n) is 3.21. The molecule has 1 saturated carbocycles. The lowest BCUT2D eigenvalue weighted by molar-refractivity contribution is -0.000746. The summed E-state index contributed by atoms with van der Waals surface area (Å²) >= 11 is 0. The van der Waals surface area contributed by atoms with E-state index in [-0.39, 0.29) is 0 Å². The second-order valence-electron chi connectivity index (χ2n) is 6.18. The number of aromatic amines is 1. The third-order valence-corrected chi connectivity index (χ3v) is 4.29. The third-order valence-electron chi connectivity index (χ3n) is 4.29. The van der Waals surface area contributed by atoms with E-state index in [0.29, 0.717) is 18.2 Å². The van der Waals surface area contributed by atoms with Crippen LogP contribution in [-0.4, -0.2) is 27.4 Å². The first kappa shape index (κ1) is 13.2. The molecule has 2 atom stereocenters. The zero-order valence-corrected chi connectivity index (χ0v) is 11.8. The van der Waals surface area contributed by atoms with Crippen LogP contribution in [0, 0.1) is 5.92 Å². The summed E-state index contributed by atoms with van der Waals surface area (Å²) in [4.78, 5) is 0. The van der Waals surface area contributed by atoms with E-state index in [1.54, 1.807) is 6.20 Å². The molecule has 0 saturated heterocycles. The van der Waals surface area contributed by atoms with Gasteiger partial charge in [-0.15, -0.1) is 0 Å². The van der Waals surface area contributed by atoms with Crippen molar-refractivity contribution in [2.45, 2.75) is 38.2 Å². The molecule has 1 fully saturated rings. The van der Waals surface area contributed by atoms with E-state index < -0.39 is 5.60 Å². The number of nitrogens with zero attached hydrogens (tertiary/aromatic N) is 1. The van der Waals surface area contributed by atoms with Gasteiger partial charge < -0.3 is 16.2 Å². The summed E-state index contributed by atoms with van der Waals surface area (Å²) in [5, 5.41) is 21.9. The highest BCUT2D eigenvalue weighted by molar-refractivity contribution is 5.88. The minimum absolute atomic E-state index is 0.543. The van der Waals surface area contributed by atoms with Gasteiger partial charge in [-0.2, -0.15) is 5.10 Å². The van der Waals surface area contributed by atoms with Gasteiger partial charge in [-0.3, -0.25) is 5.10 Å². The quantitative estimate of drug-likeness (QED) is 0.648. The van der Waals surface area contributed by atoms with Crippen LogP contribution in [0.25, 0.3) is 10.9 Å². The maximum atomic E-state index is 10.6. The number of H-pyrrole nitrogens is 1. The number of hydrogen-bond donors (Lipinski definition) is 4. The van der Waals surface area contributed by atoms with Crippen LogP contribution in [0.2, 0.25) is 0 Å². The average Bonchev–Trinajstić information content (AvgIpc) is 2.82. The van der Waals surface area contributed by atoms with Crippen LogP contribution in [-0.2, 0) is 0 Å². The van der Waals surface area contributed by atoms with E-state index in [9.17, 15) is 5.11 Å². The molecule has 108 valence electrons. The topological polar surface area (TPSA) is 87.0 Å². The molecular weight excluding hydrogens is 252 g/mol. The molecule has 0 spiro atoms. The van der Waals surface area contributed by atoms with Gasteiger partial charge in [0.05, 0.1) is 28.7 Å². The Labute approximate surface area is 118 Å². The van der Waals surface area contributed by atoms with E-state index in [1.807, 2.05) is 12.1 Å². The van der Waals surface area contributed by atoms with Crippen molar-refractivity contribution in [3.05, 3.63) is 18.3 Å². The number of rotatable bonds is 3. The minimum Gasteiger partial charge on any atom is -0.397 e. The van der Waals surface area contributed by atoms with Crippen molar-refractivity contribution < 1.29 is 5.11 Å². The second kappa shape index (κ2) is 4.98. The Bertz CT molecular complexity index is 609. The summed E-state index contributed by atoms with van der Waals surface area (Å²) in [6.45, 7) is 2.75. The van der Waals surface area contributed by atoms with Crippen molar-refractivity contribution in [1.82, 2.24) is 10.2 Å². The normalized spacial score (nSPS) is 26.8. The van der Waals surface area contributed by atoms with Crippen LogP contribution in [0.5, 0.6) is 0 Å². The Hall–Kier alpha value is -1.75. The highest BCUT2D eigenvalue weighted by atomic mass is 16.3. The molecule has 0 aliphatic heterocycles. The summed E-state index contributed by atoms with van der Waals surface area (Å²) in [5.74, 6) is 0.586. The van der Waals surface area contributed by atoms with Gasteiger partial charge in [0.2, 0.25) is 0 Å². The molecule has 3 rings (SSSR count). The number of benzene rings is 1. The van der Waals surface area contributed by atoms with E-state index in [2.05, 4.69) is 22.4 Å². The zero-order valence-electron chi connectivity index (χ0n) is 11.8. The lowest BCUT2D eigenvalue weighted by Gasteiger charge is -2.36. The first-order chi connectivity index (χ1) is 9.56. The standard InChI is InChI=1S/C15H22N4O/c1-10-3-2-4-15(20,7-10)9-17-14-6-13-11(5-12(14)16)8-18-19-13/h5-6,8,10,17,20H,2-4,7,9,16H2,1H3,(H,18,19). The number of nitrogens with one attached hydrogen (secondary N) is 2. The van der Waals surface area contributed by atoms with Crippen LogP contribution in [0.4, 0.5) is 11.4 Å². The van der Waals surface area contributed by atoms with Gasteiger partial charge in [-0.1, -0.05) is 19.8 Å². The van der Waals surface area contributed by atoms with Crippen LogP contribution < -0.4 is 11.1 Å². The molecular formula is C15H22N4O. The Balaban J connectivity index is 1.74. The van der Waals surface area contributed by atoms with Crippen LogP contribution >= 0.6 is 0 Å². The largest absolute Gasteiger partial charge is 0.397 e. The highest BCUT2D eigenvalue weighted by Crippen LogP contribution is 2.33. The molecule has 20 heavy (non-hydrogen) atoms. The molecule has 2 unspecified atom stereocenters. The van der Waals surface area contributed by atoms with E-state index in [0.717, 1.165) is 35.9 Å². The zero-order chi connectivity index (χ0) is 14.2. The SMILES string of the molecule is CC1CCCC(O)(CNc2cc3[nH]ncc3cc2N)C1. The Morgan fingerprint density at radius 3 is 3.20 bits per heavy atom. The number of fused-ring (bicyclic) bond motifs is 1. The number of anilines is 2. The minimum atomic E-state index is -0.618. The van der Waals surface area contributed by atoms with Crippen molar-refractivity contribution >= 4 is 22.3 Å². The van der Waals surface area contributed by atoms with Crippen molar-refractivity contribution in [1.29, 1.82) is 0 Å². The molecule has 5 nitrogen and oxygen atoms in total. The molecule has 5 N–H and O–H groups in total. The molecule has 1 aliphatic carbocycles. The van der Waals surface area contributed by atoms with Gasteiger partial charge in [0.1, 0.15) is 0 Å². The summed E-state index contributed by atoms with van der Waals surface area (Å²) in [6.07, 6.45) is 5.77. The monoisotopic (exact) mass is 274 g/mol. The molecule has 0 bridgehead atoms. The molecule has 1 aromatic carbocycles. The van der Waals surface area contributed by atoms with E-state index in [1.165, 1.54) is 6.42 Å². The Morgan fingerprint density at radius 2 is 2.40 bits per heavy atom. The Kier molecular flexibility index (Phi) is 3.30. The van der Waals surface area contributed by atoms with Gasteiger partial charge in [0.25, 0.3) is 0 Å². The summed E-state index contributed by atoms with van der Waals surface area (Å²) in [5.41, 5.74) is 7.92. The number of aromatic nitrogens is 2. The van der Waals surface area contributed by atoms with E-state index >= 15 is 0 Å². The van der Waals surface area contributed by atoms with Gasteiger partial charge in [0, 0.05) is 11.9 Å². The third kappa shape index (κ3) is 2.58. The van der Waals surface area contributed by atoms with Gasteiger partial charge >= 0.3 is 0 Å². The summed E-state index contributed by atoms with van der Waals surface area (Å²) in [7, 11) is 0. The summed E-state index contributed by atoms with van der Waals surface area (Å²) < 4.78 is 0. The molecule has 5 heteroatoms. The first-order valence-electron chi connectivity index (χ1n) is 7.25. The van der Waals surface area contributed by atoms with Gasteiger partial charge in [-0.05, 0) is 30.9 Å². The molecule has 1 heterocycles. The smallest absolute Gasteiger partial charge is 0.0821 e. The molecule has 0 radical (unpaired) electrons. The van der Waals surface area contributed by atoms with Gasteiger partial charge in [0.15, 0.2) is 0 Å². The predicted octanol–water partition coefficient (Wildman–Crippen LogP) is 2.50. The highest BCUT2D eigenvalue weighted by Gasteiger charge is 2.32. The van der Waals surface area contributed by atoms with Crippen molar-refractivity contribution in [2.75, 3.05) is 17.6 Å². The maximum Gasteiger partial charge on any atom is 0.0821 e. The molecule has 0 amide bonds. The lowest BCUT2D eigenvalue weighted by atomic mass is 9.79. The average molecular weight is 274 g/mol. The maximum absolute atomic E-state index is 10.6. The fourth-order valence-corrected chi connectivity index (χ4v) is 3.21. The predicted molar refractivity (Wildman–Crippen MR) is 81.6 cm³/mol. The van der Waals surface area contributed by atoms with Crippen LogP contribution in [0.15, 0.2) is 18.3 Å². The van der Waals surface area contributed by atoms with Crippen LogP contribution in [0.1, 0.15) is 32.6 Å². The van der Waals surface area contributed by atoms with Crippen LogP contribution in [0.3, 0.4) is 0 Å². The number of aliphatic hydroxyl groups is 1.